The average molecular weight is 352 g/mol. The molecule has 0 fully saturated rings. The first kappa shape index (κ1) is 22.7. The molecule has 0 aliphatic heterocycles. The van der Waals surface area contributed by atoms with E-state index in [1.807, 2.05) is 0 Å². The van der Waals surface area contributed by atoms with Crippen LogP contribution in [0.1, 0.15) is 20.8 Å². The SMILES string of the molecule is CC(C)C(=O)NOC(CO)COCC(C)C(=O)NOC[C@H](O)CO. The van der Waals surface area contributed by atoms with E-state index < -0.39 is 30.6 Å². The fraction of sp³-hybridized carbons (Fsp3) is 0.857. The molecule has 5 N–H and O–H groups in total. The lowest BCUT2D eigenvalue weighted by atomic mass is 10.2. The first-order valence-corrected chi connectivity index (χ1v) is 7.66. The highest BCUT2D eigenvalue weighted by Gasteiger charge is 2.17. The van der Waals surface area contributed by atoms with Gasteiger partial charge in [0.05, 0.1) is 32.3 Å². The number of carbonyl (C=O) groups excluding carboxylic acids is 2. The van der Waals surface area contributed by atoms with Crippen LogP contribution in [-0.4, -0.2) is 72.4 Å². The Morgan fingerprint density at radius 1 is 0.958 bits per heavy atom. The van der Waals surface area contributed by atoms with Gasteiger partial charge in [-0.15, -0.1) is 0 Å². The summed E-state index contributed by atoms with van der Waals surface area (Å²) in [5.74, 6) is -1.59. The fourth-order valence-corrected chi connectivity index (χ4v) is 1.20. The maximum Gasteiger partial charge on any atom is 0.248 e. The highest BCUT2D eigenvalue weighted by atomic mass is 16.7. The Hall–Kier alpha value is -1.30. The molecule has 0 aliphatic carbocycles. The summed E-state index contributed by atoms with van der Waals surface area (Å²) >= 11 is 0. The first-order chi connectivity index (χ1) is 11.3. The molecule has 2 unspecified atom stereocenters. The second-order valence-electron chi connectivity index (χ2n) is 5.60. The zero-order chi connectivity index (χ0) is 18.5. The summed E-state index contributed by atoms with van der Waals surface area (Å²) in [6.07, 6.45) is -1.82. The Morgan fingerprint density at radius 2 is 1.62 bits per heavy atom. The van der Waals surface area contributed by atoms with E-state index in [0.29, 0.717) is 0 Å². The van der Waals surface area contributed by atoms with Crippen LogP contribution in [0.2, 0.25) is 0 Å². The molecule has 3 atom stereocenters. The second-order valence-corrected chi connectivity index (χ2v) is 5.60. The largest absolute Gasteiger partial charge is 0.394 e. The molecule has 0 spiro atoms. The van der Waals surface area contributed by atoms with Gasteiger partial charge in [-0.1, -0.05) is 20.8 Å². The van der Waals surface area contributed by atoms with Crippen LogP contribution in [-0.2, 0) is 24.0 Å². The van der Waals surface area contributed by atoms with E-state index in [0.717, 1.165) is 0 Å². The van der Waals surface area contributed by atoms with E-state index in [2.05, 4.69) is 11.0 Å². The molecular formula is C14H28N2O8. The number of hydrogen-bond donors (Lipinski definition) is 5. The number of aliphatic hydroxyl groups is 3. The summed E-state index contributed by atoms with van der Waals surface area (Å²) in [7, 11) is 0. The molecule has 142 valence electrons. The maximum atomic E-state index is 11.7. The van der Waals surface area contributed by atoms with Crippen molar-refractivity contribution in [2.75, 3.05) is 33.0 Å². The Morgan fingerprint density at radius 3 is 2.17 bits per heavy atom. The van der Waals surface area contributed by atoms with E-state index in [1.165, 1.54) is 0 Å². The lowest BCUT2D eigenvalue weighted by Crippen LogP contribution is -2.38. The van der Waals surface area contributed by atoms with Gasteiger partial charge in [0, 0.05) is 5.92 Å². The van der Waals surface area contributed by atoms with Crippen molar-refractivity contribution in [3.63, 3.8) is 0 Å². The minimum Gasteiger partial charge on any atom is -0.394 e. The van der Waals surface area contributed by atoms with E-state index in [1.54, 1.807) is 20.8 Å². The molecule has 10 heteroatoms. The van der Waals surface area contributed by atoms with Crippen molar-refractivity contribution in [3.8, 4) is 0 Å². The lowest BCUT2D eigenvalue weighted by molar-refractivity contribution is -0.150. The molecular weight excluding hydrogens is 324 g/mol. The number of hydroxylamine groups is 2. The minimum absolute atomic E-state index is 0.0173. The third kappa shape index (κ3) is 10.5. The average Bonchev–Trinajstić information content (AvgIpc) is 2.56. The Balaban J connectivity index is 3.92. The molecule has 0 saturated carbocycles. The lowest BCUT2D eigenvalue weighted by Gasteiger charge is -2.18. The van der Waals surface area contributed by atoms with E-state index in [9.17, 15) is 9.59 Å². The van der Waals surface area contributed by atoms with Crippen LogP contribution in [0.15, 0.2) is 0 Å². The third-order valence-electron chi connectivity index (χ3n) is 2.83. The van der Waals surface area contributed by atoms with Crippen molar-refractivity contribution >= 4 is 11.8 Å². The molecule has 0 aromatic heterocycles. The number of rotatable bonds is 13. The van der Waals surface area contributed by atoms with Gasteiger partial charge in [0.1, 0.15) is 18.8 Å². The van der Waals surface area contributed by atoms with Crippen LogP contribution in [0.5, 0.6) is 0 Å². The maximum absolute atomic E-state index is 11.7. The summed E-state index contributed by atoms with van der Waals surface area (Å²) < 4.78 is 5.27. The number of nitrogens with one attached hydrogen (secondary N) is 2. The zero-order valence-electron chi connectivity index (χ0n) is 14.2. The molecule has 0 saturated heterocycles. The van der Waals surface area contributed by atoms with E-state index in [4.69, 9.17) is 29.7 Å². The quantitative estimate of drug-likeness (QED) is 0.242. The topological polar surface area (TPSA) is 147 Å². The van der Waals surface area contributed by atoms with E-state index in [-0.39, 0.29) is 38.3 Å². The van der Waals surface area contributed by atoms with Crippen molar-refractivity contribution in [1.29, 1.82) is 0 Å². The summed E-state index contributed by atoms with van der Waals surface area (Å²) in [5, 5.41) is 26.8. The molecule has 0 heterocycles. The predicted molar refractivity (Wildman–Crippen MR) is 82.1 cm³/mol. The first-order valence-electron chi connectivity index (χ1n) is 7.66. The highest BCUT2D eigenvalue weighted by molar-refractivity contribution is 5.77. The highest BCUT2D eigenvalue weighted by Crippen LogP contribution is 1.99. The Bertz CT molecular complexity index is 367. The molecule has 2 amide bonds. The van der Waals surface area contributed by atoms with Gasteiger partial charge in [0.25, 0.3) is 0 Å². The number of hydrogen-bond acceptors (Lipinski definition) is 8. The molecule has 0 bridgehead atoms. The predicted octanol–water partition coefficient (Wildman–Crippen LogP) is -1.90. The van der Waals surface area contributed by atoms with Crippen molar-refractivity contribution in [2.24, 2.45) is 11.8 Å². The fourth-order valence-electron chi connectivity index (χ4n) is 1.20. The van der Waals surface area contributed by atoms with Crippen LogP contribution >= 0.6 is 0 Å². The molecule has 0 aromatic rings. The molecule has 0 aliphatic rings. The van der Waals surface area contributed by atoms with Gasteiger partial charge in [0.2, 0.25) is 11.8 Å². The Kier molecular flexibility index (Phi) is 12.3. The molecule has 0 aromatic carbocycles. The number of carbonyl (C=O) groups is 2. The molecule has 10 nitrogen and oxygen atoms in total. The normalized spacial score (nSPS) is 15.0. The molecule has 0 radical (unpaired) electrons. The van der Waals surface area contributed by atoms with Crippen molar-refractivity contribution in [2.45, 2.75) is 33.0 Å². The van der Waals surface area contributed by atoms with Gasteiger partial charge in [0.15, 0.2) is 0 Å². The minimum atomic E-state index is -1.07. The van der Waals surface area contributed by atoms with Gasteiger partial charge in [-0.05, 0) is 0 Å². The van der Waals surface area contributed by atoms with E-state index >= 15 is 0 Å². The van der Waals surface area contributed by atoms with Crippen LogP contribution in [0, 0.1) is 11.8 Å². The summed E-state index contributed by atoms with van der Waals surface area (Å²) in [6, 6.07) is 0. The van der Waals surface area contributed by atoms with Crippen molar-refractivity contribution in [3.05, 3.63) is 0 Å². The monoisotopic (exact) mass is 352 g/mol. The number of amides is 2. The number of ether oxygens (including phenoxy) is 1. The Labute approximate surface area is 141 Å². The van der Waals surface area contributed by atoms with Gasteiger partial charge in [-0.25, -0.2) is 11.0 Å². The third-order valence-corrected chi connectivity index (χ3v) is 2.83. The smallest absolute Gasteiger partial charge is 0.248 e. The second kappa shape index (κ2) is 13.0. The molecule has 0 rings (SSSR count). The van der Waals surface area contributed by atoms with Gasteiger partial charge in [-0.3, -0.25) is 19.3 Å². The van der Waals surface area contributed by atoms with Crippen molar-refractivity contribution in [1.82, 2.24) is 11.0 Å². The molecule has 24 heavy (non-hydrogen) atoms. The standard InChI is InChI=1S/C14H28N2O8/c1-9(2)13(20)16-24-12(5-18)8-22-6-10(3)14(21)15-23-7-11(19)4-17/h9-12,17-19H,4-8H2,1-3H3,(H,15,21)(H,16,20)/t10?,11-,12?/m1/s1. The van der Waals surface area contributed by atoms with Crippen LogP contribution in [0.3, 0.4) is 0 Å². The number of aliphatic hydroxyl groups excluding tert-OH is 3. The zero-order valence-corrected chi connectivity index (χ0v) is 14.2. The van der Waals surface area contributed by atoms with Crippen LogP contribution < -0.4 is 11.0 Å². The summed E-state index contributed by atoms with van der Waals surface area (Å²) in [6.45, 7) is 3.95. The summed E-state index contributed by atoms with van der Waals surface area (Å²) in [4.78, 5) is 32.7. The van der Waals surface area contributed by atoms with Gasteiger partial charge < -0.3 is 20.1 Å². The van der Waals surface area contributed by atoms with Crippen LogP contribution in [0.25, 0.3) is 0 Å². The summed E-state index contributed by atoms with van der Waals surface area (Å²) in [5.41, 5.74) is 4.34. The van der Waals surface area contributed by atoms with Gasteiger partial charge >= 0.3 is 0 Å². The van der Waals surface area contributed by atoms with Crippen LogP contribution in [0.4, 0.5) is 0 Å². The van der Waals surface area contributed by atoms with Crippen molar-refractivity contribution < 1.29 is 39.3 Å². The van der Waals surface area contributed by atoms with Gasteiger partial charge in [-0.2, -0.15) is 0 Å².